The van der Waals surface area contributed by atoms with Gasteiger partial charge in [0.25, 0.3) is 0 Å². The number of carbonyl (C=O) groups excluding carboxylic acids is 1. The molecule has 0 saturated heterocycles. The lowest BCUT2D eigenvalue weighted by atomic mass is 9.69. The van der Waals surface area contributed by atoms with Crippen LogP contribution in [0.4, 0.5) is 0 Å². The molecule has 0 atom stereocenters. The van der Waals surface area contributed by atoms with E-state index in [-0.39, 0.29) is 5.41 Å². The molecule has 1 aromatic carbocycles. The Labute approximate surface area is 116 Å². The van der Waals surface area contributed by atoms with E-state index in [1.807, 2.05) is 18.2 Å². The van der Waals surface area contributed by atoms with Crippen molar-refractivity contribution in [3.8, 4) is 0 Å². The molecule has 1 aliphatic carbocycles. The van der Waals surface area contributed by atoms with Gasteiger partial charge in [-0.05, 0) is 49.7 Å². The molecule has 102 valence electrons. The number of hydrogen-bond donors (Lipinski definition) is 0. The SMILES string of the molecule is CCC(CC)(C(=O)C1=CCCCC1)c1ccccc1. The van der Waals surface area contributed by atoms with Gasteiger partial charge < -0.3 is 0 Å². The summed E-state index contributed by atoms with van der Waals surface area (Å²) < 4.78 is 0. The smallest absolute Gasteiger partial charge is 0.169 e. The molecule has 0 amide bonds. The van der Waals surface area contributed by atoms with E-state index in [2.05, 4.69) is 32.1 Å². The molecule has 0 radical (unpaired) electrons. The number of ketones is 1. The maximum Gasteiger partial charge on any atom is 0.169 e. The second kappa shape index (κ2) is 6.18. The zero-order chi connectivity index (χ0) is 13.7. The molecule has 0 spiro atoms. The molecule has 1 nitrogen and oxygen atoms in total. The first-order chi connectivity index (χ1) is 9.24. The van der Waals surface area contributed by atoms with E-state index in [1.54, 1.807) is 0 Å². The number of carbonyl (C=O) groups is 1. The molecule has 0 N–H and O–H groups in total. The lowest BCUT2D eigenvalue weighted by Crippen LogP contribution is -2.36. The molecule has 2 rings (SSSR count). The molecule has 0 bridgehead atoms. The van der Waals surface area contributed by atoms with Crippen LogP contribution in [0.2, 0.25) is 0 Å². The molecular formula is C18H24O. The highest BCUT2D eigenvalue weighted by Gasteiger charge is 2.38. The van der Waals surface area contributed by atoms with Gasteiger partial charge in [0.15, 0.2) is 5.78 Å². The number of Topliss-reactive ketones (excluding diaryl/α,β-unsaturated/α-hetero) is 1. The molecule has 0 saturated carbocycles. The summed E-state index contributed by atoms with van der Waals surface area (Å²) >= 11 is 0. The molecule has 0 unspecified atom stereocenters. The highest BCUT2D eigenvalue weighted by atomic mass is 16.1. The average Bonchev–Trinajstić information content (AvgIpc) is 2.51. The minimum atomic E-state index is -0.315. The Morgan fingerprint density at radius 2 is 1.79 bits per heavy atom. The molecule has 19 heavy (non-hydrogen) atoms. The fourth-order valence-electron chi connectivity index (χ4n) is 3.22. The van der Waals surface area contributed by atoms with Crippen LogP contribution in [-0.2, 0) is 10.2 Å². The summed E-state index contributed by atoms with van der Waals surface area (Å²) in [6.07, 6.45) is 8.36. The summed E-state index contributed by atoms with van der Waals surface area (Å²) in [5.74, 6) is 0.364. The van der Waals surface area contributed by atoms with E-state index in [1.165, 1.54) is 12.0 Å². The van der Waals surface area contributed by atoms with Gasteiger partial charge >= 0.3 is 0 Å². The van der Waals surface area contributed by atoms with Gasteiger partial charge in [0.2, 0.25) is 0 Å². The van der Waals surface area contributed by atoms with E-state index in [9.17, 15) is 4.79 Å². The summed E-state index contributed by atoms with van der Waals surface area (Å²) in [5, 5.41) is 0. The van der Waals surface area contributed by atoms with Crippen molar-refractivity contribution < 1.29 is 4.79 Å². The van der Waals surface area contributed by atoms with E-state index in [0.717, 1.165) is 37.7 Å². The Bertz CT molecular complexity index is 452. The van der Waals surface area contributed by atoms with Crippen LogP contribution in [0.25, 0.3) is 0 Å². The lowest BCUT2D eigenvalue weighted by molar-refractivity contribution is -0.121. The first kappa shape index (κ1) is 14.0. The zero-order valence-corrected chi connectivity index (χ0v) is 12.1. The quantitative estimate of drug-likeness (QED) is 0.738. The number of allylic oxidation sites excluding steroid dienone is 2. The predicted molar refractivity (Wildman–Crippen MR) is 80.3 cm³/mol. The van der Waals surface area contributed by atoms with E-state index >= 15 is 0 Å². The molecule has 0 fully saturated rings. The summed E-state index contributed by atoms with van der Waals surface area (Å²) in [4.78, 5) is 13.0. The minimum Gasteiger partial charge on any atom is -0.294 e. The maximum atomic E-state index is 13.0. The Hall–Kier alpha value is -1.37. The summed E-state index contributed by atoms with van der Waals surface area (Å²) in [6, 6.07) is 10.3. The van der Waals surface area contributed by atoms with Crippen LogP contribution >= 0.6 is 0 Å². The highest BCUT2D eigenvalue weighted by Crippen LogP contribution is 2.37. The van der Waals surface area contributed by atoms with Crippen LogP contribution in [-0.4, -0.2) is 5.78 Å². The van der Waals surface area contributed by atoms with Crippen molar-refractivity contribution in [3.63, 3.8) is 0 Å². The van der Waals surface area contributed by atoms with Gasteiger partial charge in [-0.1, -0.05) is 50.3 Å². The monoisotopic (exact) mass is 256 g/mol. The molecule has 1 aromatic rings. The molecule has 1 heteroatoms. The third kappa shape index (κ3) is 2.65. The number of hydrogen-bond acceptors (Lipinski definition) is 1. The normalized spacial score (nSPS) is 16.0. The van der Waals surface area contributed by atoms with Gasteiger partial charge in [0, 0.05) is 0 Å². The van der Waals surface area contributed by atoms with E-state index in [0.29, 0.717) is 5.78 Å². The second-order valence-corrected chi connectivity index (χ2v) is 5.46. The van der Waals surface area contributed by atoms with Crippen LogP contribution in [0.5, 0.6) is 0 Å². The molecule has 0 aliphatic heterocycles. The Morgan fingerprint density at radius 3 is 2.32 bits per heavy atom. The first-order valence-corrected chi connectivity index (χ1v) is 7.54. The molecule has 0 aromatic heterocycles. The second-order valence-electron chi connectivity index (χ2n) is 5.46. The molecule has 0 heterocycles. The number of benzene rings is 1. The fraction of sp³-hybridized carbons (Fsp3) is 0.500. The average molecular weight is 256 g/mol. The lowest BCUT2D eigenvalue weighted by Gasteiger charge is -2.32. The first-order valence-electron chi connectivity index (χ1n) is 7.54. The predicted octanol–water partition coefficient (Wildman–Crippen LogP) is 4.81. The van der Waals surface area contributed by atoms with Crippen molar-refractivity contribution in [2.45, 2.75) is 57.8 Å². The van der Waals surface area contributed by atoms with Gasteiger partial charge in [-0.2, -0.15) is 0 Å². The fourth-order valence-corrected chi connectivity index (χ4v) is 3.22. The van der Waals surface area contributed by atoms with Gasteiger partial charge in [0.05, 0.1) is 5.41 Å². The van der Waals surface area contributed by atoms with Crippen molar-refractivity contribution in [1.82, 2.24) is 0 Å². The van der Waals surface area contributed by atoms with Crippen LogP contribution in [0, 0.1) is 0 Å². The van der Waals surface area contributed by atoms with Crippen molar-refractivity contribution in [3.05, 3.63) is 47.5 Å². The van der Waals surface area contributed by atoms with Crippen molar-refractivity contribution >= 4 is 5.78 Å². The molecular weight excluding hydrogens is 232 g/mol. The largest absolute Gasteiger partial charge is 0.294 e. The van der Waals surface area contributed by atoms with Crippen LogP contribution in [0.1, 0.15) is 57.9 Å². The third-order valence-corrected chi connectivity index (χ3v) is 4.55. The third-order valence-electron chi connectivity index (χ3n) is 4.55. The van der Waals surface area contributed by atoms with Crippen molar-refractivity contribution in [2.24, 2.45) is 0 Å². The van der Waals surface area contributed by atoms with Crippen LogP contribution < -0.4 is 0 Å². The van der Waals surface area contributed by atoms with Gasteiger partial charge in [-0.15, -0.1) is 0 Å². The maximum absolute atomic E-state index is 13.0. The van der Waals surface area contributed by atoms with Crippen LogP contribution in [0.3, 0.4) is 0 Å². The van der Waals surface area contributed by atoms with Crippen LogP contribution in [0.15, 0.2) is 42.0 Å². The summed E-state index contributed by atoms with van der Waals surface area (Å²) in [6.45, 7) is 4.27. The standard InChI is InChI=1S/C18H24O/c1-3-18(4-2,16-13-9-6-10-14-16)17(19)15-11-7-5-8-12-15/h6,9-11,13-14H,3-5,7-8,12H2,1-2H3. The van der Waals surface area contributed by atoms with Gasteiger partial charge in [-0.3, -0.25) is 4.79 Å². The van der Waals surface area contributed by atoms with E-state index in [4.69, 9.17) is 0 Å². The molecule has 1 aliphatic rings. The summed E-state index contributed by atoms with van der Waals surface area (Å²) in [7, 11) is 0. The zero-order valence-electron chi connectivity index (χ0n) is 12.1. The van der Waals surface area contributed by atoms with Gasteiger partial charge in [-0.25, -0.2) is 0 Å². The van der Waals surface area contributed by atoms with Crippen molar-refractivity contribution in [1.29, 1.82) is 0 Å². The Morgan fingerprint density at radius 1 is 1.11 bits per heavy atom. The summed E-state index contributed by atoms with van der Waals surface area (Å²) in [5.41, 5.74) is 1.93. The minimum absolute atomic E-state index is 0.315. The van der Waals surface area contributed by atoms with Crippen molar-refractivity contribution in [2.75, 3.05) is 0 Å². The van der Waals surface area contributed by atoms with E-state index < -0.39 is 0 Å². The Balaban J connectivity index is 2.39. The topological polar surface area (TPSA) is 17.1 Å². The highest BCUT2D eigenvalue weighted by molar-refractivity contribution is 6.03. The number of rotatable bonds is 5. The Kier molecular flexibility index (Phi) is 4.57. The van der Waals surface area contributed by atoms with Gasteiger partial charge in [0.1, 0.15) is 0 Å².